The van der Waals surface area contributed by atoms with Gasteiger partial charge in [-0.15, -0.1) is 0 Å². The number of nitrogens with zero attached hydrogens (tertiary/aromatic N) is 2. The minimum Gasteiger partial charge on any atom is -0.339 e. The molecule has 0 spiro atoms. The molecular formula is C19H28N2O. The number of hydrogen-bond donors (Lipinski definition) is 0. The van der Waals surface area contributed by atoms with Crippen LogP contribution in [0.15, 0.2) is 30.3 Å². The number of amides is 1. The topological polar surface area (TPSA) is 23.6 Å². The highest BCUT2D eigenvalue weighted by Gasteiger charge is 2.36. The Morgan fingerprint density at radius 2 is 1.86 bits per heavy atom. The molecular weight excluding hydrogens is 272 g/mol. The van der Waals surface area contributed by atoms with Gasteiger partial charge in [0, 0.05) is 25.2 Å². The van der Waals surface area contributed by atoms with Crippen molar-refractivity contribution in [1.29, 1.82) is 0 Å². The lowest BCUT2D eigenvalue weighted by Crippen LogP contribution is -2.44. The summed E-state index contributed by atoms with van der Waals surface area (Å²) in [5.41, 5.74) is 1.30. The minimum atomic E-state index is 0.313. The molecule has 0 aromatic heterocycles. The summed E-state index contributed by atoms with van der Waals surface area (Å²) in [5.74, 6) is 1.10. The second kappa shape index (κ2) is 6.82. The van der Waals surface area contributed by atoms with Gasteiger partial charge in [-0.25, -0.2) is 0 Å². The largest absolute Gasteiger partial charge is 0.339 e. The van der Waals surface area contributed by atoms with Gasteiger partial charge in [-0.2, -0.15) is 0 Å². The Balaban J connectivity index is 1.66. The van der Waals surface area contributed by atoms with Crippen molar-refractivity contribution in [3.63, 3.8) is 0 Å². The molecule has 2 saturated carbocycles. The molecule has 2 fully saturated rings. The van der Waals surface area contributed by atoms with Crippen LogP contribution in [0.3, 0.4) is 0 Å². The molecule has 0 N–H and O–H groups in total. The monoisotopic (exact) mass is 300 g/mol. The third kappa shape index (κ3) is 3.89. The van der Waals surface area contributed by atoms with E-state index in [1.165, 1.54) is 31.2 Å². The summed E-state index contributed by atoms with van der Waals surface area (Å²) in [5, 5.41) is 0. The first kappa shape index (κ1) is 15.5. The Labute approximate surface area is 134 Å². The molecule has 0 bridgehead atoms. The maximum Gasteiger partial charge on any atom is 0.237 e. The first-order valence-electron chi connectivity index (χ1n) is 8.76. The highest BCUT2D eigenvalue weighted by atomic mass is 16.2. The molecule has 1 atom stereocenters. The highest BCUT2D eigenvalue weighted by Crippen LogP contribution is 2.36. The van der Waals surface area contributed by atoms with E-state index in [0.717, 1.165) is 19.0 Å². The van der Waals surface area contributed by atoms with Gasteiger partial charge in [-0.3, -0.25) is 9.69 Å². The lowest BCUT2D eigenvalue weighted by atomic mass is 10.1. The van der Waals surface area contributed by atoms with Crippen LogP contribution in [-0.2, 0) is 11.3 Å². The number of rotatable bonds is 8. The van der Waals surface area contributed by atoms with E-state index in [9.17, 15) is 4.79 Å². The van der Waals surface area contributed by atoms with Gasteiger partial charge in [0.2, 0.25) is 5.91 Å². The van der Waals surface area contributed by atoms with E-state index in [0.29, 0.717) is 24.5 Å². The Morgan fingerprint density at radius 3 is 2.41 bits per heavy atom. The van der Waals surface area contributed by atoms with Crippen LogP contribution in [0.5, 0.6) is 0 Å². The SMILES string of the molecule is CCN(C(=O)CN(Cc1ccccc1)[C@@H](C)C1CC1)C1CC1. The van der Waals surface area contributed by atoms with Crippen LogP contribution in [0.4, 0.5) is 0 Å². The van der Waals surface area contributed by atoms with Gasteiger partial charge >= 0.3 is 0 Å². The molecule has 3 nitrogen and oxygen atoms in total. The molecule has 0 heterocycles. The number of hydrogen-bond acceptors (Lipinski definition) is 2. The number of carbonyl (C=O) groups excluding carboxylic acids is 1. The Bertz CT molecular complexity index is 493. The molecule has 1 amide bonds. The molecule has 1 aromatic rings. The fourth-order valence-corrected chi connectivity index (χ4v) is 3.33. The van der Waals surface area contributed by atoms with Gasteiger partial charge in [-0.05, 0) is 51.0 Å². The van der Waals surface area contributed by atoms with Crippen LogP contribution in [0, 0.1) is 5.92 Å². The lowest BCUT2D eigenvalue weighted by molar-refractivity contribution is -0.133. The smallest absolute Gasteiger partial charge is 0.237 e. The summed E-state index contributed by atoms with van der Waals surface area (Å²) in [6, 6.07) is 11.6. The summed E-state index contributed by atoms with van der Waals surface area (Å²) < 4.78 is 0. The van der Waals surface area contributed by atoms with Crippen molar-refractivity contribution < 1.29 is 4.79 Å². The average molecular weight is 300 g/mol. The van der Waals surface area contributed by atoms with Crippen LogP contribution in [-0.4, -0.2) is 40.9 Å². The average Bonchev–Trinajstić information content (AvgIpc) is 3.39. The fourth-order valence-electron chi connectivity index (χ4n) is 3.33. The summed E-state index contributed by atoms with van der Waals surface area (Å²) in [6.45, 7) is 6.69. The first-order valence-corrected chi connectivity index (χ1v) is 8.76. The van der Waals surface area contributed by atoms with Gasteiger partial charge in [0.1, 0.15) is 0 Å². The van der Waals surface area contributed by atoms with Crippen LogP contribution in [0.25, 0.3) is 0 Å². The maximum absolute atomic E-state index is 12.7. The molecule has 0 unspecified atom stereocenters. The summed E-state index contributed by atoms with van der Waals surface area (Å²) in [6.07, 6.45) is 5.02. The molecule has 3 heteroatoms. The van der Waals surface area contributed by atoms with E-state index in [1.54, 1.807) is 0 Å². The van der Waals surface area contributed by atoms with Crippen molar-refractivity contribution in [2.75, 3.05) is 13.1 Å². The molecule has 2 aliphatic rings. The van der Waals surface area contributed by atoms with Gasteiger partial charge in [0.05, 0.1) is 6.54 Å². The summed E-state index contributed by atoms with van der Waals surface area (Å²) in [4.78, 5) is 17.2. The number of benzene rings is 1. The van der Waals surface area contributed by atoms with Crippen molar-refractivity contribution >= 4 is 5.91 Å². The zero-order valence-corrected chi connectivity index (χ0v) is 13.9. The van der Waals surface area contributed by atoms with Crippen molar-refractivity contribution in [3.05, 3.63) is 35.9 Å². The predicted molar refractivity (Wildman–Crippen MR) is 89.4 cm³/mol. The Hall–Kier alpha value is -1.35. The molecule has 120 valence electrons. The van der Waals surface area contributed by atoms with E-state index < -0.39 is 0 Å². The van der Waals surface area contributed by atoms with Crippen molar-refractivity contribution in [2.24, 2.45) is 5.92 Å². The Kier molecular flexibility index (Phi) is 4.82. The number of likely N-dealkylation sites (N-methyl/N-ethyl adjacent to an activating group) is 1. The van der Waals surface area contributed by atoms with Crippen LogP contribution >= 0.6 is 0 Å². The van der Waals surface area contributed by atoms with Gasteiger partial charge in [0.15, 0.2) is 0 Å². The fraction of sp³-hybridized carbons (Fsp3) is 0.632. The van der Waals surface area contributed by atoms with Gasteiger partial charge in [-0.1, -0.05) is 30.3 Å². The molecule has 0 radical (unpaired) electrons. The Morgan fingerprint density at radius 1 is 1.18 bits per heavy atom. The molecule has 0 aliphatic heterocycles. The van der Waals surface area contributed by atoms with Crippen LogP contribution in [0.2, 0.25) is 0 Å². The second-order valence-corrected chi connectivity index (χ2v) is 6.88. The van der Waals surface area contributed by atoms with Gasteiger partial charge < -0.3 is 4.90 Å². The van der Waals surface area contributed by atoms with Crippen molar-refractivity contribution in [2.45, 2.75) is 58.2 Å². The predicted octanol–water partition coefficient (Wildman–Crippen LogP) is 3.30. The summed E-state index contributed by atoms with van der Waals surface area (Å²) >= 11 is 0. The van der Waals surface area contributed by atoms with E-state index in [1.807, 2.05) is 0 Å². The maximum atomic E-state index is 12.7. The zero-order valence-electron chi connectivity index (χ0n) is 13.9. The second-order valence-electron chi connectivity index (χ2n) is 6.88. The summed E-state index contributed by atoms with van der Waals surface area (Å²) in [7, 11) is 0. The van der Waals surface area contributed by atoms with Crippen LogP contribution < -0.4 is 0 Å². The first-order chi connectivity index (χ1) is 10.7. The molecule has 22 heavy (non-hydrogen) atoms. The van der Waals surface area contributed by atoms with E-state index in [2.05, 4.69) is 54.0 Å². The van der Waals surface area contributed by atoms with Gasteiger partial charge in [0.25, 0.3) is 0 Å². The quantitative estimate of drug-likeness (QED) is 0.735. The third-order valence-electron chi connectivity index (χ3n) is 5.10. The van der Waals surface area contributed by atoms with E-state index >= 15 is 0 Å². The van der Waals surface area contributed by atoms with Crippen molar-refractivity contribution in [1.82, 2.24) is 9.80 Å². The molecule has 3 rings (SSSR count). The van der Waals surface area contributed by atoms with E-state index in [4.69, 9.17) is 0 Å². The minimum absolute atomic E-state index is 0.313. The molecule has 2 aliphatic carbocycles. The van der Waals surface area contributed by atoms with Crippen LogP contribution in [0.1, 0.15) is 45.1 Å². The van der Waals surface area contributed by atoms with E-state index in [-0.39, 0.29) is 0 Å². The third-order valence-corrected chi connectivity index (χ3v) is 5.10. The normalized spacial score (nSPS) is 19.2. The molecule has 0 saturated heterocycles. The standard InChI is InChI=1S/C19H28N2O/c1-3-21(18-11-12-18)19(22)14-20(15(2)17-9-10-17)13-16-7-5-4-6-8-16/h4-8,15,17-18H,3,9-14H2,1-2H3/t15-/m0/s1. The molecule has 1 aromatic carbocycles. The van der Waals surface area contributed by atoms with Crippen molar-refractivity contribution in [3.8, 4) is 0 Å². The lowest BCUT2D eigenvalue weighted by Gasteiger charge is -2.31. The highest BCUT2D eigenvalue weighted by molar-refractivity contribution is 5.79. The number of carbonyl (C=O) groups is 1. The zero-order chi connectivity index (χ0) is 15.5.